The summed E-state index contributed by atoms with van der Waals surface area (Å²) in [6.07, 6.45) is 1.32. The van der Waals surface area contributed by atoms with Crippen LogP contribution in [0.5, 0.6) is 5.75 Å². The van der Waals surface area contributed by atoms with Gasteiger partial charge in [0.1, 0.15) is 5.75 Å². The lowest BCUT2D eigenvalue weighted by Crippen LogP contribution is -2.17. The molecule has 0 aromatic heterocycles. The van der Waals surface area contributed by atoms with E-state index in [2.05, 4.69) is 42.4 Å². The Labute approximate surface area is 143 Å². The van der Waals surface area contributed by atoms with Crippen molar-refractivity contribution in [3.63, 3.8) is 0 Å². The number of nitrogens with one attached hydrogen (secondary N) is 1. The molecule has 0 spiro atoms. The lowest BCUT2D eigenvalue weighted by atomic mass is 10.2. The Balaban J connectivity index is 2.09. The van der Waals surface area contributed by atoms with E-state index in [9.17, 15) is 9.90 Å². The fourth-order valence-electron chi connectivity index (χ4n) is 1.51. The van der Waals surface area contributed by atoms with E-state index in [-0.39, 0.29) is 16.7 Å². The number of phenols is 1. The molecule has 0 unspecified atom stereocenters. The molecule has 108 valence electrons. The van der Waals surface area contributed by atoms with Crippen LogP contribution in [0.2, 0.25) is 5.02 Å². The normalized spacial score (nSPS) is 10.8. The van der Waals surface area contributed by atoms with Crippen LogP contribution < -0.4 is 5.43 Å². The predicted octanol–water partition coefficient (Wildman–Crippen LogP) is 4.33. The minimum absolute atomic E-state index is 0.0958. The van der Waals surface area contributed by atoms with E-state index in [1.54, 1.807) is 36.4 Å². The first-order chi connectivity index (χ1) is 9.97. The molecule has 0 aliphatic heterocycles. The van der Waals surface area contributed by atoms with Gasteiger partial charge >= 0.3 is 0 Å². The molecule has 0 fully saturated rings. The van der Waals surface area contributed by atoms with Crippen molar-refractivity contribution in [1.82, 2.24) is 5.43 Å². The summed E-state index contributed by atoms with van der Waals surface area (Å²) in [4.78, 5) is 11.8. The second-order valence-corrected chi connectivity index (χ2v) is 6.27. The molecule has 0 atom stereocenters. The third-order valence-electron chi connectivity index (χ3n) is 2.53. The number of benzene rings is 2. The number of halogens is 3. The van der Waals surface area contributed by atoms with Crippen LogP contribution in [-0.2, 0) is 0 Å². The van der Waals surface area contributed by atoms with E-state index in [1.807, 2.05) is 0 Å². The summed E-state index contributed by atoms with van der Waals surface area (Å²) >= 11 is 12.4. The molecule has 0 aliphatic rings. The molecular formula is C14H9Br2ClN2O2. The highest BCUT2D eigenvalue weighted by Crippen LogP contribution is 2.30. The standard InChI is InChI=1S/C14H9Br2ClN2O2/c15-10-3-1-8(2-4-10)14(21)19-18-7-9-5-11(16)6-12(17)13(9)20/h1-7,20H,(H,19,21). The maximum absolute atomic E-state index is 11.8. The Morgan fingerprint density at radius 3 is 2.52 bits per heavy atom. The lowest BCUT2D eigenvalue weighted by molar-refractivity contribution is 0.0955. The summed E-state index contributed by atoms with van der Waals surface area (Å²) in [6, 6.07) is 10.1. The Morgan fingerprint density at radius 2 is 1.86 bits per heavy atom. The minimum atomic E-state index is -0.348. The zero-order valence-electron chi connectivity index (χ0n) is 10.5. The zero-order valence-corrected chi connectivity index (χ0v) is 14.4. The number of hydrazone groups is 1. The second kappa shape index (κ2) is 7.06. The minimum Gasteiger partial charge on any atom is -0.506 e. The summed E-state index contributed by atoms with van der Waals surface area (Å²) in [5.74, 6) is -0.444. The molecule has 1 amide bonds. The number of nitrogens with zero attached hydrogens (tertiary/aromatic N) is 1. The Morgan fingerprint density at radius 1 is 1.19 bits per heavy atom. The van der Waals surface area contributed by atoms with Gasteiger partial charge in [-0.2, -0.15) is 5.10 Å². The Hall–Kier alpha value is -1.37. The molecule has 2 N–H and O–H groups in total. The van der Waals surface area contributed by atoms with Crippen molar-refractivity contribution >= 4 is 55.6 Å². The van der Waals surface area contributed by atoms with Crippen molar-refractivity contribution in [2.24, 2.45) is 5.10 Å². The summed E-state index contributed by atoms with van der Waals surface area (Å²) in [5, 5.41) is 13.8. The molecule has 0 bridgehead atoms. The van der Waals surface area contributed by atoms with Crippen molar-refractivity contribution < 1.29 is 9.90 Å². The third-order valence-corrected chi connectivity index (χ3v) is 3.81. The average Bonchev–Trinajstić information content (AvgIpc) is 2.44. The number of rotatable bonds is 3. The first-order valence-corrected chi connectivity index (χ1v) is 7.71. The molecule has 0 saturated carbocycles. The van der Waals surface area contributed by atoms with Crippen LogP contribution in [0.3, 0.4) is 0 Å². The fourth-order valence-corrected chi connectivity index (χ4v) is 2.61. The van der Waals surface area contributed by atoms with Crippen LogP contribution in [0.15, 0.2) is 50.4 Å². The number of hydrogen-bond acceptors (Lipinski definition) is 3. The number of carbonyl (C=O) groups is 1. The van der Waals surface area contributed by atoms with Gasteiger partial charge in [0.05, 0.1) is 11.2 Å². The predicted molar refractivity (Wildman–Crippen MR) is 90.0 cm³/mol. The van der Waals surface area contributed by atoms with Crippen molar-refractivity contribution in [3.05, 3.63) is 61.5 Å². The molecule has 2 aromatic carbocycles. The molecule has 21 heavy (non-hydrogen) atoms. The van der Waals surface area contributed by atoms with Gasteiger partial charge in [0.25, 0.3) is 5.91 Å². The van der Waals surface area contributed by atoms with Gasteiger partial charge in [-0.1, -0.05) is 43.5 Å². The van der Waals surface area contributed by atoms with Gasteiger partial charge in [-0.25, -0.2) is 5.43 Å². The highest BCUT2D eigenvalue weighted by molar-refractivity contribution is 9.10. The van der Waals surface area contributed by atoms with Crippen molar-refractivity contribution in [2.45, 2.75) is 0 Å². The maximum atomic E-state index is 11.8. The van der Waals surface area contributed by atoms with Gasteiger partial charge in [0.15, 0.2) is 0 Å². The highest BCUT2D eigenvalue weighted by Gasteiger charge is 2.06. The molecule has 0 heterocycles. The van der Waals surface area contributed by atoms with Crippen LogP contribution in [-0.4, -0.2) is 17.2 Å². The number of amides is 1. The van der Waals surface area contributed by atoms with Crippen LogP contribution in [0.1, 0.15) is 15.9 Å². The number of aromatic hydroxyl groups is 1. The van der Waals surface area contributed by atoms with Crippen molar-refractivity contribution in [2.75, 3.05) is 0 Å². The van der Waals surface area contributed by atoms with Gasteiger partial charge in [0, 0.05) is 20.1 Å². The highest BCUT2D eigenvalue weighted by atomic mass is 79.9. The quantitative estimate of drug-likeness (QED) is 0.560. The maximum Gasteiger partial charge on any atom is 0.271 e. The molecule has 0 saturated heterocycles. The van der Waals surface area contributed by atoms with E-state index < -0.39 is 0 Å². The smallest absolute Gasteiger partial charge is 0.271 e. The SMILES string of the molecule is O=C(NN=Cc1cc(Br)cc(Cl)c1O)c1ccc(Br)cc1. The third kappa shape index (κ3) is 4.30. The van der Waals surface area contributed by atoms with E-state index >= 15 is 0 Å². The molecule has 7 heteroatoms. The molecule has 4 nitrogen and oxygen atoms in total. The fraction of sp³-hybridized carbons (Fsp3) is 0. The Kier molecular flexibility index (Phi) is 5.39. The summed E-state index contributed by atoms with van der Waals surface area (Å²) in [7, 11) is 0. The van der Waals surface area contributed by atoms with Crippen molar-refractivity contribution in [3.8, 4) is 5.75 Å². The van der Waals surface area contributed by atoms with Crippen molar-refractivity contribution in [1.29, 1.82) is 0 Å². The monoisotopic (exact) mass is 430 g/mol. The summed E-state index contributed by atoms with van der Waals surface area (Å²) in [5.41, 5.74) is 3.25. The number of carbonyl (C=O) groups excluding carboxylic acids is 1. The number of phenolic OH excluding ortho intramolecular Hbond substituents is 1. The first kappa shape index (κ1) is 16.0. The van der Waals surface area contributed by atoms with Crippen LogP contribution in [0.4, 0.5) is 0 Å². The molecular weight excluding hydrogens is 423 g/mol. The summed E-state index contributed by atoms with van der Waals surface area (Å²) in [6.45, 7) is 0. The molecule has 0 radical (unpaired) electrons. The van der Waals surface area contributed by atoms with Gasteiger partial charge in [-0.3, -0.25) is 4.79 Å². The average molecular weight is 432 g/mol. The van der Waals surface area contributed by atoms with Gasteiger partial charge < -0.3 is 5.11 Å². The first-order valence-electron chi connectivity index (χ1n) is 5.74. The van der Waals surface area contributed by atoms with Crippen LogP contribution >= 0.6 is 43.5 Å². The lowest BCUT2D eigenvalue weighted by Gasteiger charge is -2.03. The zero-order chi connectivity index (χ0) is 15.4. The van der Waals surface area contributed by atoms with Gasteiger partial charge in [-0.05, 0) is 36.4 Å². The molecule has 2 rings (SSSR count). The van der Waals surface area contributed by atoms with Gasteiger partial charge in [-0.15, -0.1) is 0 Å². The second-order valence-electron chi connectivity index (χ2n) is 4.03. The number of hydrogen-bond donors (Lipinski definition) is 2. The largest absolute Gasteiger partial charge is 0.506 e. The van der Waals surface area contributed by atoms with E-state index in [1.165, 1.54) is 6.21 Å². The Bertz CT molecular complexity index is 703. The molecule has 0 aliphatic carbocycles. The van der Waals surface area contributed by atoms with E-state index in [0.717, 1.165) is 4.47 Å². The van der Waals surface area contributed by atoms with Crippen LogP contribution in [0, 0.1) is 0 Å². The summed E-state index contributed by atoms with van der Waals surface area (Å²) < 4.78 is 1.59. The topological polar surface area (TPSA) is 61.7 Å². The van der Waals surface area contributed by atoms with E-state index in [4.69, 9.17) is 11.6 Å². The van der Waals surface area contributed by atoms with E-state index in [0.29, 0.717) is 15.6 Å². The van der Waals surface area contributed by atoms with Gasteiger partial charge in [0.2, 0.25) is 0 Å². The molecule has 2 aromatic rings. The van der Waals surface area contributed by atoms with Crippen LogP contribution in [0.25, 0.3) is 0 Å².